The normalized spacial score (nSPS) is 19.2. The Labute approximate surface area is 298 Å². The molecule has 1 atom stereocenters. The average Bonchev–Trinajstić information content (AvgIpc) is 3.86. The number of hydrogen-bond acceptors (Lipinski definition) is 3. The molecule has 1 spiro atoms. The van der Waals surface area contributed by atoms with Gasteiger partial charge in [0.2, 0.25) is 5.60 Å². The molecule has 10 rings (SSSR count). The summed E-state index contributed by atoms with van der Waals surface area (Å²) in [6.45, 7) is 0. The molecule has 1 fully saturated rings. The molecule has 248 valence electrons. The standard InChI is InChI=1S/C48H38O3/c1-49-36-24-22-35(23-25-36)48(42-21-12-32-50-42)27-26-40-44-43(37-17-8-9-18-38(37)45(40)51-48)39-19-10-11-20-41(39)47(44)30-28-46(29-31-47,33-13-4-2-5-14-33)34-15-6-3-7-16-34/h2-27,32H,28-31H2,1H3. The van der Waals surface area contributed by atoms with Gasteiger partial charge >= 0.3 is 0 Å². The lowest BCUT2D eigenvalue weighted by atomic mass is 9.56. The summed E-state index contributed by atoms with van der Waals surface area (Å²) in [5, 5.41) is 2.35. The number of furan rings is 1. The van der Waals surface area contributed by atoms with Crippen molar-refractivity contribution in [2.24, 2.45) is 0 Å². The zero-order valence-electron chi connectivity index (χ0n) is 28.6. The molecule has 0 N–H and O–H groups in total. The van der Waals surface area contributed by atoms with Crippen LogP contribution in [0, 0.1) is 0 Å². The van der Waals surface area contributed by atoms with E-state index >= 15 is 0 Å². The van der Waals surface area contributed by atoms with E-state index in [1.807, 2.05) is 24.3 Å². The van der Waals surface area contributed by atoms with Crippen LogP contribution in [0.5, 0.6) is 11.5 Å². The second kappa shape index (κ2) is 11.4. The molecule has 0 amide bonds. The van der Waals surface area contributed by atoms with Crippen LogP contribution in [-0.2, 0) is 16.4 Å². The van der Waals surface area contributed by atoms with Crippen molar-refractivity contribution < 1.29 is 13.9 Å². The van der Waals surface area contributed by atoms with Crippen molar-refractivity contribution in [1.29, 1.82) is 0 Å². The molecular formula is C48H38O3. The molecule has 6 aromatic carbocycles. The summed E-state index contributed by atoms with van der Waals surface area (Å²) in [7, 11) is 1.69. The van der Waals surface area contributed by atoms with Gasteiger partial charge in [-0.15, -0.1) is 0 Å². The van der Waals surface area contributed by atoms with Crippen molar-refractivity contribution in [1.82, 2.24) is 0 Å². The molecule has 3 nitrogen and oxygen atoms in total. The number of hydrogen-bond donors (Lipinski definition) is 0. The molecule has 51 heavy (non-hydrogen) atoms. The van der Waals surface area contributed by atoms with Crippen molar-refractivity contribution in [3.63, 3.8) is 0 Å². The van der Waals surface area contributed by atoms with Crippen molar-refractivity contribution in [2.75, 3.05) is 7.11 Å². The summed E-state index contributed by atoms with van der Waals surface area (Å²) >= 11 is 0. The Hall–Kier alpha value is -5.80. The van der Waals surface area contributed by atoms with Gasteiger partial charge in [-0.05, 0) is 94.8 Å². The van der Waals surface area contributed by atoms with Crippen LogP contribution in [0.2, 0.25) is 0 Å². The monoisotopic (exact) mass is 662 g/mol. The highest BCUT2D eigenvalue weighted by molar-refractivity contribution is 6.08. The van der Waals surface area contributed by atoms with Crippen LogP contribution in [0.25, 0.3) is 28.0 Å². The number of fused-ring (bicyclic) bond motifs is 10. The van der Waals surface area contributed by atoms with Crippen molar-refractivity contribution >= 4 is 16.8 Å². The van der Waals surface area contributed by atoms with Crippen LogP contribution in [0.4, 0.5) is 0 Å². The van der Waals surface area contributed by atoms with Crippen LogP contribution in [0.1, 0.15) is 64.8 Å². The van der Waals surface area contributed by atoms with Crippen LogP contribution in [-0.4, -0.2) is 7.11 Å². The fourth-order valence-electron chi connectivity index (χ4n) is 9.76. The minimum atomic E-state index is -0.944. The lowest BCUT2D eigenvalue weighted by molar-refractivity contribution is 0.134. The van der Waals surface area contributed by atoms with Crippen LogP contribution in [0.15, 0.2) is 162 Å². The minimum absolute atomic E-state index is 0.0580. The Kier molecular flexibility index (Phi) is 6.70. The van der Waals surface area contributed by atoms with Gasteiger partial charge in [0, 0.05) is 27.3 Å². The maximum absolute atomic E-state index is 7.45. The minimum Gasteiger partial charge on any atom is -0.497 e. The lowest BCUT2D eigenvalue weighted by Crippen LogP contribution is -2.41. The smallest absolute Gasteiger partial charge is 0.210 e. The molecule has 1 aliphatic heterocycles. The Bertz CT molecular complexity index is 2370. The van der Waals surface area contributed by atoms with E-state index in [1.54, 1.807) is 13.4 Å². The van der Waals surface area contributed by atoms with E-state index in [1.165, 1.54) is 44.3 Å². The van der Waals surface area contributed by atoms with Gasteiger partial charge in [-0.1, -0.05) is 127 Å². The summed E-state index contributed by atoms with van der Waals surface area (Å²) in [6.07, 6.45) is 10.4. The van der Waals surface area contributed by atoms with E-state index < -0.39 is 5.60 Å². The van der Waals surface area contributed by atoms with Crippen molar-refractivity contribution in [3.8, 4) is 22.6 Å². The third-order valence-electron chi connectivity index (χ3n) is 12.2. The molecule has 2 aliphatic carbocycles. The molecule has 0 saturated heterocycles. The zero-order chi connectivity index (χ0) is 34.0. The Balaban J connectivity index is 1.20. The van der Waals surface area contributed by atoms with E-state index in [4.69, 9.17) is 13.9 Å². The van der Waals surface area contributed by atoms with Gasteiger partial charge in [0.15, 0.2) is 5.76 Å². The number of benzene rings is 6. The SMILES string of the molecule is COc1ccc(C2(c3ccco3)C=Cc3c4c(c5ccccc5c3O2)-c2ccccc2C42CCC(c3ccccc3)(c3ccccc3)CC2)cc1. The lowest BCUT2D eigenvalue weighted by Gasteiger charge is -2.47. The summed E-state index contributed by atoms with van der Waals surface area (Å²) in [6, 6.07) is 52.5. The molecule has 2 heterocycles. The van der Waals surface area contributed by atoms with Gasteiger partial charge in [-0.2, -0.15) is 0 Å². The van der Waals surface area contributed by atoms with Crippen molar-refractivity contribution in [2.45, 2.75) is 42.1 Å². The highest BCUT2D eigenvalue weighted by Gasteiger charge is 2.53. The fourth-order valence-corrected chi connectivity index (χ4v) is 9.76. The Morgan fingerprint density at radius 1 is 0.569 bits per heavy atom. The summed E-state index contributed by atoms with van der Waals surface area (Å²) in [5.74, 6) is 2.45. The van der Waals surface area contributed by atoms with Crippen LogP contribution >= 0.6 is 0 Å². The first kappa shape index (κ1) is 30.1. The van der Waals surface area contributed by atoms with E-state index in [0.29, 0.717) is 0 Å². The van der Waals surface area contributed by atoms with Crippen molar-refractivity contribution in [3.05, 3.63) is 197 Å². The third kappa shape index (κ3) is 4.24. The molecule has 1 saturated carbocycles. The molecule has 0 bridgehead atoms. The first-order valence-corrected chi connectivity index (χ1v) is 18.0. The largest absolute Gasteiger partial charge is 0.497 e. The first-order valence-electron chi connectivity index (χ1n) is 18.0. The second-order valence-electron chi connectivity index (χ2n) is 14.4. The molecule has 7 aromatic rings. The predicted molar refractivity (Wildman–Crippen MR) is 204 cm³/mol. The summed E-state index contributed by atoms with van der Waals surface area (Å²) < 4.78 is 19.1. The fraction of sp³-hybridized carbons (Fsp3) is 0.167. The van der Waals surface area contributed by atoms with Gasteiger partial charge in [0.05, 0.1) is 13.4 Å². The highest BCUT2D eigenvalue weighted by Crippen LogP contribution is 2.64. The van der Waals surface area contributed by atoms with E-state index in [0.717, 1.165) is 53.9 Å². The number of rotatable bonds is 5. The van der Waals surface area contributed by atoms with E-state index in [9.17, 15) is 0 Å². The summed E-state index contributed by atoms with van der Waals surface area (Å²) in [5.41, 5.74) is 9.38. The number of ether oxygens (including phenoxy) is 2. The molecule has 3 heteroatoms. The topological polar surface area (TPSA) is 31.6 Å². The van der Waals surface area contributed by atoms with Gasteiger partial charge in [0.1, 0.15) is 11.5 Å². The second-order valence-corrected chi connectivity index (χ2v) is 14.4. The maximum Gasteiger partial charge on any atom is 0.210 e. The predicted octanol–water partition coefficient (Wildman–Crippen LogP) is 11.6. The van der Waals surface area contributed by atoms with E-state index in [-0.39, 0.29) is 10.8 Å². The Morgan fingerprint density at radius 2 is 1.20 bits per heavy atom. The van der Waals surface area contributed by atoms with Gasteiger partial charge in [-0.3, -0.25) is 0 Å². The average molecular weight is 663 g/mol. The third-order valence-corrected chi connectivity index (χ3v) is 12.2. The molecule has 3 aliphatic rings. The number of methoxy groups -OCH3 is 1. The molecule has 1 aromatic heterocycles. The van der Waals surface area contributed by atoms with Crippen LogP contribution < -0.4 is 9.47 Å². The van der Waals surface area contributed by atoms with E-state index in [2.05, 4.69) is 133 Å². The Morgan fingerprint density at radius 3 is 1.86 bits per heavy atom. The highest BCUT2D eigenvalue weighted by atomic mass is 16.5. The van der Waals surface area contributed by atoms with Gasteiger partial charge in [0.25, 0.3) is 0 Å². The zero-order valence-corrected chi connectivity index (χ0v) is 28.6. The maximum atomic E-state index is 7.45. The first-order chi connectivity index (χ1) is 25.2. The molecule has 0 radical (unpaired) electrons. The van der Waals surface area contributed by atoms with Gasteiger partial charge < -0.3 is 13.9 Å². The van der Waals surface area contributed by atoms with Gasteiger partial charge in [-0.25, -0.2) is 0 Å². The summed E-state index contributed by atoms with van der Waals surface area (Å²) in [4.78, 5) is 0. The quantitative estimate of drug-likeness (QED) is 0.184. The van der Waals surface area contributed by atoms with Crippen LogP contribution in [0.3, 0.4) is 0 Å². The molecule has 1 unspecified atom stereocenters. The molecular weight excluding hydrogens is 625 g/mol.